The van der Waals surface area contributed by atoms with Crippen molar-refractivity contribution in [2.45, 2.75) is 51.4 Å². The van der Waals surface area contributed by atoms with E-state index in [-0.39, 0.29) is 10.3 Å². The largest absolute Gasteiger partial charge is 0.428 e. The Balaban J connectivity index is 2.84. The van der Waals surface area contributed by atoms with Gasteiger partial charge >= 0.3 is 7.48 Å². The van der Waals surface area contributed by atoms with Gasteiger partial charge in [0.25, 0.3) is 0 Å². The third-order valence-electron chi connectivity index (χ3n) is 4.08. The molecule has 0 saturated heterocycles. The summed E-state index contributed by atoms with van der Waals surface area (Å²) in [5.41, 5.74) is 2.54. The van der Waals surface area contributed by atoms with E-state index in [2.05, 4.69) is 27.7 Å². The number of rotatable bonds is 6. The van der Waals surface area contributed by atoms with Crippen LogP contribution in [0.4, 0.5) is 0 Å². The lowest BCUT2D eigenvalue weighted by Gasteiger charge is -2.40. The zero-order valence-corrected chi connectivity index (χ0v) is 13.4. The number of hydrogen-bond acceptors (Lipinski definition) is 3. The number of hydrogen-bond donors (Lipinski definition) is 1. The summed E-state index contributed by atoms with van der Waals surface area (Å²) in [7, 11) is 0.497. The third kappa shape index (κ3) is 3.86. The molecule has 0 aliphatic heterocycles. The molecule has 0 radical (unpaired) electrons. The van der Waals surface area contributed by atoms with Gasteiger partial charge in [0.15, 0.2) is 0 Å². The van der Waals surface area contributed by atoms with E-state index in [1.807, 2.05) is 25.1 Å². The Morgan fingerprint density at radius 3 is 2.53 bits per heavy atom. The van der Waals surface area contributed by atoms with Crippen molar-refractivity contribution in [1.29, 1.82) is 0 Å². The summed E-state index contributed by atoms with van der Waals surface area (Å²) in [6.45, 7) is 10.3. The van der Waals surface area contributed by atoms with Crippen LogP contribution in [0.5, 0.6) is 0 Å². The normalized spacial score (nSPS) is 14.8. The van der Waals surface area contributed by atoms with Crippen LogP contribution < -0.4 is 5.46 Å². The fraction of sp³-hybridized carbons (Fsp3) is 0.533. The average Bonchev–Trinajstić information content (AvgIpc) is 2.37. The van der Waals surface area contributed by atoms with E-state index in [4.69, 9.17) is 17.3 Å². The molecule has 4 heteroatoms. The monoisotopic (exact) mass is 278 g/mol. The summed E-state index contributed by atoms with van der Waals surface area (Å²) >= 11 is 4.70. The molecular weight excluding hydrogens is 255 g/mol. The molecule has 0 spiro atoms. The van der Waals surface area contributed by atoms with Crippen molar-refractivity contribution in [3.8, 4) is 0 Å². The standard InChI is InChI=1S/C15H23BO2S/c1-6-15(5,19)14(3,4)18-16-13-9-12(10-17)8-7-11(13)2/h7-10,16,19H,6H2,1-5H3. The number of aryl methyl sites for hydroxylation is 1. The van der Waals surface area contributed by atoms with Crippen LogP contribution in [-0.4, -0.2) is 24.1 Å². The molecule has 1 rings (SSSR count). The van der Waals surface area contributed by atoms with Gasteiger partial charge < -0.3 is 4.65 Å². The van der Waals surface area contributed by atoms with Crippen LogP contribution in [0.3, 0.4) is 0 Å². The van der Waals surface area contributed by atoms with E-state index in [9.17, 15) is 4.79 Å². The topological polar surface area (TPSA) is 26.3 Å². The van der Waals surface area contributed by atoms with Crippen LogP contribution in [0.25, 0.3) is 0 Å². The van der Waals surface area contributed by atoms with Crippen molar-refractivity contribution in [3.05, 3.63) is 29.3 Å². The van der Waals surface area contributed by atoms with Crippen LogP contribution in [0.2, 0.25) is 0 Å². The molecule has 0 N–H and O–H groups in total. The van der Waals surface area contributed by atoms with Gasteiger partial charge in [-0.15, -0.1) is 0 Å². The van der Waals surface area contributed by atoms with E-state index in [0.29, 0.717) is 13.0 Å². The van der Waals surface area contributed by atoms with E-state index in [1.54, 1.807) is 0 Å². The second kappa shape index (κ2) is 6.14. The minimum absolute atomic E-state index is 0.191. The molecular formula is C15H23BO2S. The minimum Gasteiger partial charge on any atom is -0.428 e. The molecule has 0 aliphatic carbocycles. The van der Waals surface area contributed by atoms with Gasteiger partial charge in [0.2, 0.25) is 0 Å². The lowest BCUT2D eigenvalue weighted by molar-refractivity contribution is 0.0764. The zero-order valence-electron chi connectivity index (χ0n) is 12.5. The first-order valence-electron chi connectivity index (χ1n) is 6.64. The van der Waals surface area contributed by atoms with Crippen molar-refractivity contribution < 1.29 is 9.45 Å². The molecule has 0 bridgehead atoms. The highest BCUT2D eigenvalue weighted by molar-refractivity contribution is 7.81. The quantitative estimate of drug-likeness (QED) is 0.492. The molecule has 1 aromatic rings. The first kappa shape index (κ1) is 16.3. The maximum atomic E-state index is 10.8. The van der Waals surface area contributed by atoms with E-state index in [1.165, 1.54) is 0 Å². The number of aldehydes is 1. The molecule has 0 fully saturated rings. The maximum absolute atomic E-state index is 10.8. The molecule has 1 unspecified atom stereocenters. The Morgan fingerprint density at radius 1 is 1.37 bits per heavy atom. The fourth-order valence-electron chi connectivity index (χ4n) is 1.76. The average molecular weight is 278 g/mol. The van der Waals surface area contributed by atoms with Crippen LogP contribution >= 0.6 is 12.6 Å². The maximum Gasteiger partial charge on any atom is 0.309 e. The van der Waals surface area contributed by atoms with Gasteiger partial charge in [-0.25, -0.2) is 0 Å². The first-order valence-corrected chi connectivity index (χ1v) is 7.09. The van der Waals surface area contributed by atoms with Crippen LogP contribution in [0.15, 0.2) is 18.2 Å². The summed E-state index contributed by atoms with van der Waals surface area (Å²) in [6, 6.07) is 5.67. The first-order chi connectivity index (χ1) is 8.73. The third-order valence-corrected chi connectivity index (χ3v) is 4.94. The molecule has 0 heterocycles. The van der Waals surface area contributed by atoms with Gasteiger partial charge in [0, 0.05) is 10.3 Å². The smallest absolute Gasteiger partial charge is 0.309 e. The van der Waals surface area contributed by atoms with Gasteiger partial charge in [-0.05, 0) is 39.6 Å². The molecule has 1 atom stereocenters. The van der Waals surface area contributed by atoms with Gasteiger partial charge in [-0.3, -0.25) is 4.79 Å². The van der Waals surface area contributed by atoms with E-state index >= 15 is 0 Å². The summed E-state index contributed by atoms with van der Waals surface area (Å²) in [6.07, 6.45) is 1.79. The number of benzene rings is 1. The molecule has 0 amide bonds. The van der Waals surface area contributed by atoms with E-state index < -0.39 is 0 Å². The highest BCUT2D eigenvalue weighted by Crippen LogP contribution is 2.34. The van der Waals surface area contributed by atoms with Crippen molar-refractivity contribution in [2.24, 2.45) is 0 Å². The highest BCUT2D eigenvalue weighted by Gasteiger charge is 2.37. The second-order valence-electron chi connectivity index (χ2n) is 5.73. The number of carbonyl (C=O) groups excluding carboxylic acids is 1. The summed E-state index contributed by atoms with van der Waals surface area (Å²) in [5, 5.41) is 0. The molecule has 0 aromatic heterocycles. The molecule has 0 aliphatic rings. The van der Waals surface area contributed by atoms with Crippen LogP contribution in [-0.2, 0) is 4.65 Å². The Bertz CT molecular complexity index is 455. The Hall–Kier alpha value is -0.735. The van der Waals surface area contributed by atoms with Crippen LogP contribution in [0, 0.1) is 6.92 Å². The molecule has 104 valence electrons. The van der Waals surface area contributed by atoms with Gasteiger partial charge in [0.1, 0.15) is 6.29 Å². The summed E-state index contributed by atoms with van der Waals surface area (Å²) in [5.74, 6) is 0. The lowest BCUT2D eigenvalue weighted by atomic mass is 9.80. The summed E-state index contributed by atoms with van der Waals surface area (Å²) in [4.78, 5) is 10.8. The Morgan fingerprint density at radius 2 is 2.00 bits per heavy atom. The number of carbonyl (C=O) groups is 1. The SMILES string of the molecule is CCC(C)(S)C(C)(C)OBc1cc(C=O)ccc1C. The number of thiol groups is 1. The van der Waals surface area contributed by atoms with Crippen molar-refractivity contribution in [2.75, 3.05) is 0 Å². The molecule has 2 nitrogen and oxygen atoms in total. The Labute approximate surface area is 122 Å². The molecule has 0 saturated carbocycles. The van der Waals surface area contributed by atoms with Gasteiger partial charge in [-0.1, -0.05) is 30.7 Å². The van der Waals surface area contributed by atoms with Gasteiger partial charge in [-0.2, -0.15) is 12.6 Å². The predicted molar refractivity (Wildman–Crippen MR) is 86.2 cm³/mol. The Kier molecular flexibility index (Phi) is 5.28. The molecule has 19 heavy (non-hydrogen) atoms. The lowest BCUT2D eigenvalue weighted by Crippen LogP contribution is -2.47. The van der Waals surface area contributed by atoms with Crippen molar-refractivity contribution in [3.63, 3.8) is 0 Å². The van der Waals surface area contributed by atoms with Crippen molar-refractivity contribution in [1.82, 2.24) is 0 Å². The fourth-order valence-corrected chi connectivity index (χ4v) is 1.82. The van der Waals surface area contributed by atoms with E-state index in [0.717, 1.165) is 23.7 Å². The van der Waals surface area contributed by atoms with Crippen molar-refractivity contribution >= 4 is 31.9 Å². The van der Waals surface area contributed by atoms with Crippen LogP contribution in [0.1, 0.15) is 50.0 Å². The second-order valence-corrected chi connectivity index (χ2v) is 6.72. The minimum atomic E-state index is -0.339. The predicted octanol–water partition coefficient (Wildman–Crippen LogP) is 2.68. The van der Waals surface area contributed by atoms with Gasteiger partial charge in [0.05, 0.1) is 5.60 Å². The molecule has 1 aromatic carbocycles. The summed E-state index contributed by atoms with van der Waals surface area (Å²) < 4.78 is 5.87. The highest BCUT2D eigenvalue weighted by atomic mass is 32.1. The zero-order chi connectivity index (χ0) is 14.7.